The van der Waals surface area contributed by atoms with Gasteiger partial charge in [0, 0.05) is 11.8 Å². The Labute approximate surface area is 105 Å². The zero-order valence-corrected chi connectivity index (χ0v) is 10.1. The summed E-state index contributed by atoms with van der Waals surface area (Å²) in [7, 11) is 0. The van der Waals surface area contributed by atoms with Crippen molar-refractivity contribution in [2.75, 3.05) is 0 Å². The SMILES string of the molecule is CC[C@@H](O)c1ccccc1-n1cc(C(N)=O)cn1. The van der Waals surface area contributed by atoms with Crippen LogP contribution >= 0.6 is 0 Å². The van der Waals surface area contributed by atoms with Gasteiger partial charge in [-0.3, -0.25) is 4.79 Å². The number of benzene rings is 1. The number of amides is 1. The van der Waals surface area contributed by atoms with Crippen LogP contribution in [0.4, 0.5) is 0 Å². The maximum absolute atomic E-state index is 11.0. The van der Waals surface area contributed by atoms with E-state index in [0.717, 1.165) is 11.3 Å². The first-order chi connectivity index (χ1) is 8.63. The van der Waals surface area contributed by atoms with Crippen molar-refractivity contribution >= 4 is 5.91 Å². The van der Waals surface area contributed by atoms with E-state index in [1.165, 1.54) is 6.20 Å². The van der Waals surface area contributed by atoms with Crippen molar-refractivity contribution in [2.45, 2.75) is 19.4 Å². The molecule has 1 aromatic carbocycles. The van der Waals surface area contributed by atoms with Crippen LogP contribution in [0.15, 0.2) is 36.7 Å². The van der Waals surface area contributed by atoms with Crippen molar-refractivity contribution in [1.82, 2.24) is 9.78 Å². The number of carbonyl (C=O) groups is 1. The summed E-state index contributed by atoms with van der Waals surface area (Å²) in [6.07, 6.45) is 3.03. The van der Waals surface area contributed by atoms with Gasteiger partial charge in [-0.15, -0.1) is 0 Å². The van der Waals surface area contributed by atoms with Gasteiger partial charge < -0.3 is 10.8 Å². The zero-order valence-electron chi connectivity index (χ0n) is 10.1. The summed E-state index contributed by atoms with van der Waals surface area (Å²) >= 11 is 0. The summed E-state index contributed by atoms with van der Waals surface area (Å²) < 4.78 is 1.55. The molecule has 5 nitrogen and oxygen atoms in total. The van der Waals surface area contributed by atoms with Gasteiger partial charge in [0.15, 0.2) is 0 Å². The standard InChI is InChI=1S/C13H15N3O2/c1-2-12(17)10-5-3-4-6-11(10)16-8-9(7-15-16)13(14)18/h3-8,12,17H,2H2,1H3,(H2,14,18)/t12-/m1/s1. The first-order valence-electron chi connectivity index (χ1n) is 5.75. The van der Waals surface area contributed by atoms with E-state index in [-0.39, 0.29) is 0 Å². The summed E-state index contributed by atoms with van der Waals surface area (Å²) in [4.78, 5) is 11.0. The third-order valence-corrected chi connectivity index (χ3v) is 2.80. The molecular weight excluding hydrogens is 230 g/mol. The molecule has 1 heterocycles. The number of aromatic nitrogens is 2. The average molecular weight is 245 g/mol. The molecule has 0 fully saturated rings. The van der Waals surface area contributed by atoms with E-state index >= 15 is 0 Å². The van der Waals surface area contributed by atoms with Gasteiger partial charge in [0.2, 0.25) is 0 Å². The lowest BCUT2D eigenvalue weighted by Gasteiger charge is -2.13. The van der Waals surface area contributed by atoms with Crippen LogP contribution in [0.5, 0.6) is 0 Å². The third-order valence-electron chi connectivity index (χ3n) is 2.80. The van der Waals surface area contributed by atoms with Gasteiger partial charge in [-0.2, -0.15) is 5.10 Å². The second-order valence-corrected chi connectivity index (χ2v) is 4.02. The predicted molar refractivity (Wildman–Crippen MR) is 67.3 cm³/mol. The molecule has 0 saturated carbocycles. The van der Waals surface area contributed by atoms with Crippen molar-refractivity contribution in [3.8, 4) is 5.69 Å². The molecule has 3 N–H and O–H groups in total. The van der Waals surface area contributed by atoms with Crippen LogP contribution in [0.3, 0.4) is 0 Å². The molecule has 18 heavy (non-hydrogen) atoms. The molecule has 5 heteroatoms. The monoisotopic (exact) mass is 245 g/mol. The van der Waals surface area contributed by atoms with Gasteiger partial charge in [-0.1, -0.05) is 25.1 Å². The quantitative estimate of drug-likeness (QED) is 0.854. The third kappa shape index (κ3) is 2.26. The Morgan fingerprint density at radius 3 is 2.83 bits per heavy atom. The molecular formula is C13H15N3O2. The minimum absolute atomic E-state index is 0.343. The molecule has 1 aromatic heterocycles. The van der Waals surface area contributed by atoms with Gasteiger partial charge in [-0.05, 0) is 12.5 Å². The Morgan fingerprint density at radius 2 is 2.22 bits per heavy atom. The van der Waals surface area contributed by atoms with Crippen molar-refractivity contribution in [1.29, 1.82) is 0 Å². The number of primary amides is 1. The van der Waals surface area contributed by atoms with Crippen LogP contribution < -0.4 is 5.73 Å². The van der Waals surface area contributed by atoms with E-state index in [9.17, 15) is 9.90 Å². The molecule has 2 aromatic rings. The van der Waals surface area contributed by atoms with Crippen LogP contribution in [0.1, 0.15) is 35.4 Å². The van der Waals surface area contributed by atoms with E-state index in [0.29, 0.717) is 12.0 Å². The number of nitrogens with two attached hydrogens (primary N) is 1. The molecule has 2 rings (SSSR count). The first-order valence-corrected chi connectivity index (χ1v) is 5.75. The van der Waals surface area contributed by atoms with Gasteiger partial charge in [0.25, 0.3) is 5.91 Å². The van der Waals surface area contributed by atoms with Crippen LogP contribution in [0, 0.1) is 0 Å². The molecule has 94 valence electrons. The minimum Gasteiger partial charge on any atom is -0.388 e. The van der Waals surface area contributed by atoms with Crippen molar-refractivity contribution < 1.29 is 9.90 Å². The predicted octanol–water partition coefficient (Wildman–Crippen LogP) is 1.41. The molecule has 0 aliphatic rings. The van der Waals surface area contributed by atoms with E-state index in [1.807, 2.05) is 31.2 Å². The lowest BCUT2D eigenvalue weighted by Crippen LogP contribution is -2.09. The number of hydrogen-bond acceptors (Lipinski definition) is 3. The van der Waals surface area contributed by atoms with Gasteiger partial charge >= 0.3 is 0 Å². The molecule has 1 amide bonds. The van der Waals surface area contributed by atoms with Gasteiger partial charge in [-0.25, -0.2) is 4.68 Å². The summed E-state index contributed by atoms with van der Waals surface area (Å²) in [5.41, 5.74) is 7.06. The Morgan fingerprint density at radius 1 is 1.50 bits per heavy atom. The topological polar surface area (TPSA) is 81.1 Å². The van der Waals surface area contributed by atoms with Crippen LogP contribution in [0.2, 0.25) is 0 Å². The van der Waals surface area contributed by atoms with Crippen molar-refractivity contribution in [3.63, 3.8) is 0 Å². The van der Waals surface area contributed by atoms with E-state index < -0.39 is 12.0 Å². The van der Waals surface area contributed by atoms with Crippen molar-refractivity contribution in [2.24, 2.45) is 5.73 Å². The minimum atomic E-state index is -0.553. The average Bonchev–Trinajstić information content (AvgIpc) is 2.87. The Hall–Kier alpha value is -2.14. The summed E-state index contributed by atoms with van der Waals surface area (Å²) in [6, 6.07) is 7.39. The largest absolute Gasteiger partial charge is 0.388 e. The van der Waals surface area contributed by atoms with Gasteiger partial charge in [0.05, 0.1) is 23.6 Å². The maximum atomic E-state index is 11.0. The fourth-order valence-corrected chi connectivity index (χ4v) is 1.78. The lowest BCUT2D eigenvalue weighted by atomic mass is 10.1. The smallest absolute Gasteiger partial charge is 0.251 e. The van der Waals surface area contributed by atoms with Crippen molar-refractivity contribution in [3.05, 3.63) is 47.8 Å². The lowest BCUT2D eigenvalue weighted by molar-refractivity contribution is 0.100. The molecule has 0 aliphatic carbocycles. The Balaban J connectivity index is 2.46. The number of carbonyl (C=O) groups excluding carboxylic acids is 1. The highest BCUT2D eigenvalue weighted by Gasteiger charge is 2.13. The first kappa shape index (κ1) is 12.3. The van der Waals surface area contributed by atoms with Gasteiger partial charge in [0.1, 0.15) is 0 Å². The number of nitrogens with zero attached hydrogens (tertiary/aromatic N) is 2. The van der Waals surface area contributed by atoms with E-state index in [1.54, 1.807) is 10.9 Å². The zero-order chi connectivity index (χ0) is 13.1. The molecule has 0 radical (unpaired) electrons. The second kappa shape index (κ2) is 5.01. The molecule has 0 saturated heterocycles. The Bertz CT molecular complexity index is 563. The number of aliphatic hydroxyl groups excluding tert-OH is 1. The fraction of sp³-hybridized carbons (Fsp3) is 0.231. The highest BCUT2D eigenvalue weighted by atomic mass is 16.3. The normalized spacial score (nSPS) is 12.3. The molecule has 0 bridgehead atoms. The summed E-state index contributed by atoms with van der Waals surface area (Å²) in [6.45, 7) is 1.90. The highest BCUT2D eigenvalue weighted by Crippen LogP contribution is 2.23. The molecule has 1 atom stereocenters. The number of para-hydroxylation sites is 1. The second-order valence-electron chi connectivity index (χ2n) is 4.02. The maximum Gasteiger partial charge on any atom is 0.251 e. The number of rotatable bonds is 4. The Kier molecular flexibility index (Phi) is 3.43. The highest BCUT2D eigenvalue weighted by molar-refractivity contribution is 5.92. The number of aliphatic hydroxyl groups is 1. The molecule has 0 unspecified atom stereocenters. The summed E-state index contributed by atoms with van der Waals surface area (Å²) in [5, 5.41) is 14.0. The van der Waals surface area contributed by atoms with Crippen LogP contribution in [-0.2, 0) is 0 Å². The molecule has 0 spiro atoms. The summed E-state index contributed by atoms with van der Waals surface area (Å²) in [5.74, 6) is -0.519. The van der Waals surface area contributed by atoms with Crippen LogP contribution in [-0.4, -0.2) is 20.8 Å². The molecule has 0 aliphatic heterocycles. The fourth-order valence-electron chi connectivity index (χ4n) is 1.78. The van der Waals surface area contributed by atoms with Crippen LogP contribution in [0.25, 0.3) is 5.69 Å². The van der Waals surface area contributed by atoms with E-state index in [4.69, 9.17) is 5.73 Å². The number of hydrogen-bond donors (Lipinski definition) is 2. The van der Waals surface area contributed by atoms with E-state index in [2.05, 4.69) is 5.10 Å².